The fraction of sp³-hybridized carbons (Fsp3) is 0.917. The Bertz CT molecular complexity index is 525. The van der Waals surface area contributed by atoms with Gasteiger partial charge in [0.1, 0.15) is 0 Å². The van der Waals surface area contributed by atoms with Crippen molar-refractivity contribution in [2.75, 3.05) is 6.61 Å². The molecule has 0 fully saturated rings. The van der Waals surface area contributed by atoms with Gasteiger partial charge < -0.3 is 4.74 Å². The van der Waals surface area contributed by atoms with E-state index in [1.54, 1.807) is 6.92 Å². The molecule has 0 radical (unpaired) electrons. The molecule has 0 rings (SSSR count). The number of rotatable bonds is 29. The molecule has 3 atom stereocenters. The van der Waals surface area contributed by atoms with Crippen LogP contribution in [0, 0.1) is 17.8 Å². The van der Waals surface area contributed by atoms with E-state index in [0.29, 0.717) is 18.1 Å². The van der Waals surface area contributed by atoms with Crippen molar-refractivity contribution >= 4 is 5.97 Å². The normalized spacial score (nSPS) is 13.8. The van der Waals surface area contributed by atoms with Gasteiger partial charge in [-0.25, -0.2) is 4.79 Å². The molecule has 0 aliphatic carbocycles. The predicted octanol–water partition coefficient (Wildman–Crippen LogP) is 12.4. The fourth-order valence-corrected chi connectivity index (χ4v) is 5.87. The zero-order valence-electron chi connectivity index (χ0n) is 26.9. The number of esters is 1. The summed E-state index contributed by atoms with van der Waals surface area (Å²) in [4.78, 5) is 11.9. The van der Waals surface area contributed by atoms with Crippen molar-refractivity contribution in [1.82, 2.24) is 0 Å². The fourth-order valence-electron chi connectivity index (χ4n) is 5.87. The van der Waals surface area contributed by atoms with Crippen LogP contribution in [-0.4, -0.2) is 12.6 Å². The topological polar surface area (TPSA) is 26.3 Å². The van der Waals surface area contributed by atoms with E-state index in [0.717, 1.165) is 11.8 Å². The van der Waals surface area contributed by atoms with Gasteiger partial charge in [0, 0.05) is 5.57 Å². The van der Waals surface area contributed by atoms with Crippen LogP contribution in [-0.2, 0) is 9.53 Å². The quantitative estimate of drug-likeness (QED) is 0.0541. The van der Waals surface area contributed by atoms with Crippen LogP contribution in [0.3, 0.4) is 0 Å². The van der Waals surface area contributed by atoms with Gasteiger partial charge in [-0.15, -0.1) is 0 Å². The van der Waals surface area contributed by atoms with E-state index >= 15 is 0 Å². The van der Waals surface area contributed by atoms with Crippen LogP contribution in [0.1, 0.15) is 189 Å². The van der Waals surface area contributed by atoms with Gasteiger partial charge >= 0.3 is 5.97 Å². The molecule has 0 aliphatic heterocycles. The lowest BCUT2D eigenvalue weighted by Gasteiger charge is -2.17. The lowest BCUT2D eigenvalue weighted by molar-refractivity contribution is -0.140. The molecule has 0 bridgehead atoms. The van der Waals surface area contributed by atoms with Gasteiger partial charge in [0.2, 0.25) is 0 Å². The molecular formula is C36H70O2. The molecule has 0 aliphatic rings. The van der Waals surface area contributed by atoms with Crippen LogP contribution in [0.2, 0.25) is 0 Å². The first-order chi connectivity index (χ1) is 18.4. The third kappa shape index (κ3) is 25.5. The number of hydrogen-bond donors (Lipinski definition) is 0. The van der Waals surface area contributed by atoms with Crippen molar-refractivity contribution in [3.63, 3.8) is 0 Å². The summed E-state index contributed by atoms with van der Waals surface area (Å²) in [6, 6.07) is 0. The first-order valence-corrected chi connectivity index (χ1v) is 17.2. The Morgan fingerprint density at radius 1 is 0.553 bits per heavy atom. The Hall–Kier alpha value is -0.790. The summed E-state index contributed by atoms with van der Waals surface area (Å²) in [5.74, 6) is 2.14. The molecule has 0 N–H and O–H groups in total. The van der Waals surface area contributed by atoms with Gasteiger partial charge in [-0.3, -0.25) is 0 Å². The molecule has 2 heteroatoms. The highest BCUT2D eigenvalue weighted by atomic mass is 16.5. The number of hydrogen-bond acceptors (Lipinski definition) is 2. The predicted molar refractivity (Wildman–Crippen MR) is 170 cm³/mol. The summed E-state index contributed by atoms with van der Waals surface area (Å²) in [5, 5.41) is 0. The highest BCUT2D eigenvalue weighted by Gasteiger charge is 2.12. The Kier molecular flexibility index (Phi) is 27.2. The summed E-state index contributed by atoms with van der Waals surface area (Å²) < 4.78 is 5.56. The standard InChI is InChI=1S/C36H70O2/c1-7-25-33(5)27-21-17-13-10-9-11-15-19-23-29-35(31-38-36(37)32(3)4)30-24-20-16-12-14-18-22-28-34(6)26-8-2/h33-35H,3,7-31H2,1-2,4-6H3. The lowest BCUT2D eigenvalue weighted by Crippen LogP contribution is -2.15. The zero-order valence-corrected chi connectivity index (χ0v) is 26.9. The highest BCUT2D eigenvalue weighted by molar-refractivity contribution is 5.86. The molecule has 226 valence electrons. The Balaban J connectivity index is 3.87. The van der Waals surface area contributed by atoms with E-state index in [1.807, 2.05) is 0 Å². The van der Waals surface area contributed by atoms with E-state index in [1.165, 1.54) is 154 Å². The van der Waals surface area contributed by atoms with Crippen molar-refractivity contribution in [3.05, 3.63) is 12.2 Å². The van der Waals surface area contributed by atoms with Crippen LogP contribution in [0.15, 0.2) is 12.2 Å². The van der Waals surface area contributed by atoms with Crippen molar-refractivity contribution in [2.45, 2.75) is 189 Å². The first-order valence-electron chi connectivity index (χ1n) is 17.2. The van der Waals surface area contributed by atoms with Gasteiger partial charge in [-0.2, -0.15) is 0 Å². The molecule has 0 heterocycles. The molecule has 2 nitrogen and oxygen atoms in total. The Labute approximate surface area is 240 Å². The van der Waals surface area contributed by atoms with Gasteiger partial charge in [0.05, 0.1) is 6.61 Å². The van der Waals surface area contributed by atoms with Gasteiger partial charge in [-0.1, -0.05) is 176 Å². The van der Waals surface area contributed by atoms with E-state index in [4.69, 9.17) is 4.74 Å². The van der Waals surface area contributed by atoms with E-state index in [9.17, 15) is 4.79 Å². The van der Waals surface area contributed by atoms with E-state index in [2.05, 4.69) is 34.3 Å². The molecule has 0 aromatic heterocycles. The van der Waals surface area contributed by atoms with Crippen molar-refractivity contribution in [2.24, 2.45) is 17.8 Å². The second kappa shape index (κ2) is 27.8. The summed E-state index contributed by atoms with van der Waals surface area (Å²) in [6.45, 7) is 15.5. The molecule has 3 unspecified atom stereocenters. The average Bonchev–Trinajstić information content (AvgIpc) is 2.88. The second-order valence-electron chi connectivity index (χ2n) is 12.8. The van der Waals surface area contributed by atoms with E-state index in [-0.39, 0.29) is 5.97 Å². The number of unbranched alkanes of at least 4 members (excludes halogenated alkanes) is 14. The number of carbonyl (C=O) groups is 1. The minimum absolute atomic E-state index is 0.219. The van der Waals surface area contributed by atoms with Crippen LogP contribution >= 0.6 is 0 Å². The van der Waals surface area contributed by atoms with E-state index < -0.39 is 0 Å². The minimum atomic E-state index is -0.219. The first kappa shape index (κ1) is 37.2. The largest absolute Gasteiger partial charge is 0.462 e. The molecule has 0 aromatic rings. The minimum Gasteiger partial charge on any atom is -0.462 e. The smallest absolute Gasteiger partial charge is 0.333 e. The Morgan fingerprint density at radius 3 is 1.18 bits per heavy atom. The van der Waals surface area contributed by atoms with Gasteiger partial charge in [-0.05, 0) is 37.5 Å². The summed E-state index contributed by atoms with van der Waals surface area (Å²) in [6.07, 6.45) is 32.7. The molecule has 0 saturated heterocycles. The zero-order chi connectivity index (χ0) is 28.3. The molecule has 0 saturated carbocycles. The molecule has 0 amide bonds. The maximum atomic E-state index is 11.9. The molecular weight excluding hydrogens is 464 g/mol. The van der Waals surface area contributed by atoms with Crippen LogP contribution < -0.4 is 0 Å². The summed E-state index contributed by atoms with van der Waals surface area (Å²) in [5.41, 5.74) is 0.517. The van der Waals surface area contributed by atoms with Crippen molar-refractivity contribution in [1.29, 1.82) is 0 Å². The Morgan fingerprint density at radius 2 is 0.868 bits per heavy atom. The summed E-state index contributed by atoms with van der Waals surface area (Å²) in [7, 11) is 0. The number of carbonyl (C=O) groups excluding carboxylic acids is 1. The third-order valence-corrected chi connectivity index (χ3v) is 8.48. The van der Waals surface area contributed by atoms with Crippen LogP contribution in [0.5, 0.6) is 0 Å². The summed E-state index contributed by atoms with van der Waals surface area (Å²) >= 11 is 0. The second-order valence-corrected chi connectivity index (χ2v) is 12.8. The molecule has 0 spiro atoms. The molecule has 38 heavy (non-hydrogen) atoms. The maximum absolute atomic E-state index is 11.9. The van der Waals surface area contributed by atoms with Crippen molar-refractivity contribution in [3.8, 4) is 0 Å². The highest BCUT2D eigenvalue weighted by Crippen LogP contribution is 2.21. The monoisotopic (exact) mass is 535 g/mol. The number of ether oxygens (including phenoxy) is 1. The SMILES string of the molecule is C=C(C)C(=O)OCC(CCCCCCCCCCCC(C)CCC)CCCCCCCCCC(C)CCC. The molecule has 0 aromatic carbocycles. The van der Waals surface area contributed by atoms with Crippen molar-refractivity contribution < 1.29 is 9.53 Å². The third-order valence-electron chi connectivity index (χ3n) is 8.48. The van der Waals surface area contributed by atoms with Gasteiger partial charge in [0.25, 0.3) is 0 Å². The van der Waals surface area contributed by atoms with Crippen LogP contribution in [0.25, 0.3) is 0 Å². The lowest BCUT2D eigenvalue weighted by atomic mass is 9.94. The van der Waals surface area contributed by atoms with Gasteiger partial charge in [0.15, 0.2) is 0 Å². The van der Waals surface area contributed by atoms with Crippen LogP contribution in [0.4, 0.5) is 0 Å². The average molecular weight is 535 g/mol. The maximum Gasteiger partial charge on any atom is 0.333 e.